The van der Waals surface area contributed by atoms with E-state index in [0.29, 0.717) is 0 Å². The molecule has 0 saturated carbocycles. The fourth-order valence-electron chi connectivity index (χ4n) is 1.51. The number of rotatable bonds is 7. The van der Waals surface area contributed by atoms with Gasteiger partial charge in [0.1, 0.15) is 0 Å². The van der Waals surface area contributed by atoms with Crippen LogP contribution in [-0.2, 0) is 9.53 Å². The van der Waals surface area contributed by atoms with Gasteiger partial charge in [0.25, 0.3) is 0 Å². The third-order valence-electron chi connectivity index (χ3n) is 2.63. The van der Waals surface area contributed by atoms with Crippen molar-refractivity contribution in [1.29, 1.82) is 0 Å². The molecule has 3 nitrogen and oxygen atoms in total. The molecular weight excluding hydrogens is 235 g/mol. The molecule has 0 aliphatic rings. The summed E-state index contributed by atoms with van der Waals surface area (Å²) in [6.07, 6.45) is -4.61. The maximum Gasteiger partial charge on any atom is 0.389 e. The normalized spacial score (nSPS) is 15.4. The topological polar surface area (TPSA) is 38.3 Å². The zero-order chi connectivity index (χ0) is 13.5. The van der Waals surface area contributed by atoms with Crippen molar-refractivity contribution < 1.29 is 22.7 Å². The van der Waals surface area contributed by atoms with Crippen LogP contribution >= 0.6 is 0 Å². The fraction of sp³-hybridized carbons (Fsp3) is 0.909. The molecule has 0 bridgehead atoms. The van der Waals surface area contributed by atoms with Crippen LogP contribution in [0.4, 0.5) is 13.2 Å². The Bertz CT molecular complexity index is 243. The Labute approximate surface area is 99.7 Å². The highest BCUT2D eigenvalue weighted by atomic mass is 19.4. The lowest BCUT2D eigenvalue weighted by molar-refractivity contribution is -0.145. The van der Waals surface area contributed by atoms with Crippen LogP contribution in [-0.4, -0.2) is 31.3 Å². The zero-order valence-corrected chi connectivity index (χ0v) is 10.5. The SMILES string of the molecule is CCOC(=O)CC(C)(CCCC(F)(F)F)NC. The molecule has 0 aromatic heterocycles. The Balaban J connectivity index is 4.14. The second-order valence-corrected chi connectivity index (χ2v) is 4.26. The van der Waals surface area contributed by atoms with Gasteiger partial charge in [0.2, 0.25) is 0 Å². The summed E-state index contributed by atoms with van der Waals surface area (Å²) in [5.41, 5.74) is -0.641. The number of ether oxygens (including phenoxy) is 1. The van der Waals surface area contributed by atoms with Crippen LogP contribution in [0.2, 0.25) is 0 Å². The molecule has 0 rings (SSSR count). The molecule has 1 unspecified atom stereocenters. The van der Waals surface area contributed by atoms with Crippen molar-refractivity contribution in [3.8, 4) is 0 Å². The minimum absolute atomic E-state index is 0.000243. The minimum atomic E-state index is -4.14. The Kier molecular flexibility index (Phi) is 6.52. The maximum atomic E-state index is 12.0. The van der Waals surface area contributed by atoms with Gasteiger partial charge < -0.3 is 10.1 Å². The summed E-state index contributed by atoms with van der Waals surface area (Å²) in [7, 11) is 1.63. The van der Waals surface area contributed by atoms with Crippen molar-refractivity contribution in [3.05, 3.63) is 0 Å². The van der Waals surface area contributed by atoms with Gasteiger partial charge in [-0.1, -0.05) is 0 Å². The molecule has 0 radical (unpaired) electrons. The van der Waals surface area contributed by atoms with Gasteiger partial charge in [-0.3, -0.25) is 4.79 Å². The second-order valence-electron chi connectivity index (χ2n) is 4.26. The Morgan fingerprint density at radius 3 is 2.29 bits per heavy atom. The van der Waals surface area contributed by atoms with Crippen LogP contribution in [0.1, 0.15) is 39.5 Å². The quantitative estimate of drug-likeness (QED) is 0.711. The number of carbonyl (C=O) groups is 1. The van der Waals surface area contributed by atoms with Gasteiger partial charge in [0.15, 0.2) is 0 Å². The lowest BCUT2D eigenvalue weighted by atomic mass is 9.91. The van der Waals surface area contributed by atoms with Crippen LogP contribution in [0.25, 0.3) is 0 Å². The molecule has 0 aliphatic heterocycles. The molecule has 0 aromatic rings. The number of esters is 1. The molecule has 0 heterocycles. The summed E-state index contributed by atoms with van der Waals surface area (Å²) in [5.74, 6) is -0.392. The summed E-state index contributed by atoms with van der Waals surface area (Å²) in [6, 6.07) is 0. The van der Waals surface area contributed by atoms with Crippen LogP contribution in [0.3, 0.4) is 0 Å². The van der Waals surface area contributed by atoms with E-state index >= 15 is 0 Å². The lowest BCUT2D eigenvalue weighted by Gasteiger charge is -2.28. The number of carbonyl (C=O) groups excluding carboxylic acids is 1. The summed E-state index contributed by atoms with van der Waals surface area (Å²) in [5, 5.41) is 2.89. The number of alkyl halides is 3. The highest BCUT2D eigenvalue weighted by Gasteiger charge is 2.30. The van der Waals surface area contributed by atoms with Gasteiger partial charge in [-0.2, -0.15) is 13.2 Å². The van der Waals surface area contributed by atoms with E-state index in [9.17, 15) is 18.0 Å². The van der Waals surface area contributed by atoms with Crippen molar-refractivity contribution in [3.63, 3.8) is 0 Å². The molecule has 0 saturated heterocycles. The lowest BCUT2D eigenvalue weighted by Crippen LogP contribution is -2.42. The largest absolute Gasteiger partial charge is 0.466 e. The van der Waals surface area contributed by atoms with Gasteiger partial charge >= 0.3 is 12.1 Å². The third kappa shape index (κ3) is 8.01. The molecule has 0 amide bonds. The van der Waals surface area contributed by atoms with E-state index in [1.165, 1.54) is 0 Å². The van der Waals surface area contributed by atoms with Gasteiger partial charge in [0.05, 0.1) is 13.0 Å². The van der Waals surface area contributed by atoms with E-state index in [1.807, 2.05) is 0 Å². The smallest absolute Gasteiger partial charge is 0.389 e. The van der Waals surface area contributed by atoms with Crippen molar-refractivity contribution in [1.82, 2.24) is 5.32 Å². The monoisotopic (exact) mass is 255 g/mol. The molecule has 102 valence electrons. The molecular formula is C11H20F3NO2. The van der Waals surface area contributed by atoms with Gasteiger partial charge in [-0.15, -0.1) is 0 Å². The summed E-state index contributed by atoms with van der Waals surface area (Å²) < 4.78 is 40.8. The fourth-order valence-corrected chi connectivity index (χ4v) is 1.51. The average Bonchev–Trinajstić information content (AvgIpc) is 2.15. The Morgan fingerprint density at radius 1 is 1.29 bits per heavy atom. The van der Waals surface area contributed by atoms with E-state index in [2.05, 4.69) is 5.32 Å². The maximum absolute atomic E-state index is 12.0. The first-order valence-electron chi connectivity index (χ1n) is 5.64. The standard InChI is InChI=1S/C11H20F3NO2/c1-4-17-9(16)8-10(2,15-3)6-5-7-11(12,13)14/h15H,4-8H2,1-3H3. The molecule has 0 fully saturated rings. The number of hydrogen-bond acceptors (Lipinski definition) is 3. The van der Waals surface area contributed by atoms with Crippen molar-refractivity contribution >= 4 is 5.97 Å². The summed E-state index contributed by atoms with van der Waals surface area (Å²) in [6.45, 7) is 3.69. The summed E-state index contributed by atoms with van der Waals surface area (Å²) in [4.78, 5) is 11.3. The van der Waals surface area contributed by atoms with Crippen LogP contribution < -0.4 is 5.32 Å². The molecule has 0 spiro atoms. The molecule has 0 aliphatic carbocycles. The highest BCUT2D eigenvalue weighted by Crippen LogP contribution is 2.26. The predicted octanol–water partition coefficient (Wildman–Crippen LogP) is 2.65. The Hall–Kier alpha value is -0.780. The van der Waals surface area contributed by atoms with Crippen molar-refractivity contribution in [2.45, 2.75) is 51.2 Å². The predicted molar refractivity (Wildman–Crippen MR) is 58.6 cm³/mol. The highest BCUT2D eigenvalue weighted by molar-refractivity contribution is 5.70. The van der Waals surface area contributed by atoms with Crippen LogP contribution in [0.5, 0.6) is 0 Å². The van der Waals surface area contributed by atoms with Crippen LogP contribution in [0, 0.1) is 0 Å². The van der Waals surface area contributed by atoms with E-state index in [4.69, 9.17) is 4.74 Å². The first-order valence-corrected chi connectivity index (χ1v) is 5.64. The Morgan fingerprint density at radius 2 is 1.88 bits per heavy atom. The first kappa shape index (κ1) is 16.2. The van der Waals surface area contributed by atoms with Crippen molar-refractivity contribution in [2.24, 2.45) is 0 Å². The molecule has 6 heteroatoms. The van der Waals surface area contributed by atoms with Gasteiger partial charge in [-0.25, -0.2) is 0 Å². The third-order valence-corrected chi connectivity index (χ3v) is 2.63. The molecule has 1 N–H and O–H groups in total. The average molecular weight is 255 g/mol. The minimum Gasteiger partial charge on any atom is -0.466 e. The number of nitrogens with one attached hydrogen (secondary N) is 1. The molecule has 1 atom stereocenters. The van der Waals surface area contributed by atoms with Crippen molar-refractivity contribution in [2.75, 3.05) is 13.7 Å². The van der Waals surface area contributed by atoms with E-state index in [0.717, 1.165) is 0 Å². The number of hydrogen-bond donors (Lipinski definition) is 1. The van der Waals surface area contributed by atoms with E-state index in [1.54, 1.807) is 20.9 Å². The number of halogens is 3. The first-order chi connectivity index (χ1) is 7.72. The molecule has 0 aromatic carbocycles. The zero-order valence-electron chi connectivity index (χ0n) is 10.5. The van der Waals surface area contributed by atoms with Crippen LogP contribution in [0.15, 0.2) is 0 Å². The van der Waals surface area contributed by atoms with Gasteiger partial charge in [0, 0.05) is 12.0 Å². The second kappa shape index (κ2) is 6.83. The molecule has 17 heavy (non-hydrogen) atoms. The van der Waals surface area contributed by atoms with E-state index < -0.39 is 24.1 Å². The summed E-state index contributed by atoms with van der Waals surface area (Å²) >= 11 is 0. The van der Waals surface area contributed by atoms with Gasteiger partial charge in [-0.05, 0) is 33.7 Å². The van der Waals surface area contributed by atoms with E-state index in [-0.39, 0.29) is 25.9 Å².